The van der Waals surface area contributed by atoms with Crippen LogP contribution in [0.2, 0.25) is 0 Å². The number of aromatic nitrogens is 1. The first-order valence-electron chi connectivity index (χ1n) is 9.08. The molecular formula is C20H24IN5OS. The van der Waals surface area contributed by atoms with Crippen molar-refractivity contribution in [3.63, 3.8) is 0 Å². The Morgan fingerprint density at radius 2 is 1.93 bits per heavy atom. The maximum absolute atomic E-state index is 5.47. The minimum Gasteiger partial charge on any atom is -0.360 e. The van der Waals surface area contributed by atoms with Crippen LogP contribution in [0.3, 0.4) is 0 Å². The lowest BCUT2D eigenvalue weighted by Gasteiger charge is -2.36. The van der Waals surface area contributed by atoms with E-state index in [1.165, 1.54) is 5.00 Å². The summed E-state index contributed by atoms with van der Waals surface area (Å²) in [5.74, 6) is 1.69. The molecule has 0 saturated carbocycles. The highest BCUT2D eigenvalue weighted by Gasteiger charge is 2.20. The van der Waals surface area contributed by atoms with Gasteiger partial charge in [0.2, 0.25) is 0 Å². The normalized spacial score (nSPS) is 14.7. The molecule has 2 aromatic heterocycles. The van der Waals surface area contributed by atoms with Crippen LogP contribution in [0.1, 0.15) is 5.69 Å². The summed E-state index contributed by atoms with van der Waals surface area (Å²) in [6.07, 6.45) is 0. The van der Waals surface area contributed by atoms with Gasteiger partial charge in [-0.15, -0.1) is 35.3 Å². The van der Waals surface area contributed by atoms with Gasteiger partial charge in [0.25, 0.3) is 0 Å². The van der Waals surface area contributed by atoms with E-state index in [0.717, 1.165) is 49.2 Å². The van der Waals surface area contributed by atoms with E-state index in [2.05, 4.69) is 42.8 Å². The number of anilines is 1. The maximum atomic E-state index is 5.47. The third-order valence-electron chi connectivity index (χ3n) is 4.65. The van der Waals surface area contributed by atoms with Crippen LogP contribution in [-0.4, -0.2) is 49.2 Å². The summed E-state index contributed by atoms with van der Waals surface area (Å²) < 4.78 is 5.47. The largest absolute Gasteiger partial charge is 0.360 e. The fourth-order valence-corrected chi connectivity index (χ4v) is 4.01. The Hall–Kier alpha value is -2.07. The van der Waals surface area contributed by atoms with Crippen molar-refractivity contribution in [2.45, 2.75) is 6.54 Å². The average Bonchev–Trinajstić information content (AvgIpc) is 3.42. The van der Waals surface area contributed by atoms with Gasteiger partial charge in [0.15, 0.2) is 11.7 Å². The Kier molecular flexibility index (Phi) is 7.32. The van der Waals surface area contributed by atoms with E-state index < -0.39 is 0 Å². The fourth-order valence-electron chi connectivity index (χ4n) is 3.22. The minimum absolute atomic E-state index is 0. The zero-order chi connectivity index (χ0) is 18.5. The topological polar surface area (TPSA) is 56.9 Å². The molecule has 0 atom stereocenters. The number of thiophene rings is 1. The van der Waals surface area contributed by atoms with E-state index in [1.54, 1.807) is 11.3 Å². The van der Waals surface area contributed by atoms with Crippen LogP contribution in [0.15, 0.2) is 63.4 Å². The molecular weight excluding hydrogens is 485 g/mol. The number of aliphatic imine (C=N–C) groups is 1. The van der Waals surface area contributed by atoms with E-state index in [9.17, 15) is 0 Å². The third-order valence-corrected chi connectivity index (χ3v) is 5.58. The summed E-state index contributed by atoms with van der Waals surface area (Å²) in [7, 11) is 1.83. The summed E-state index contributed by atoms with van der Waals surface area (Å²) in [4.78, 5) is 9.16. The van der Waals surface area contributed by atoms with Gasteiger partial charge in [0, 0.05) is 44.9 Å². The highest BCUT2D eigenvalue weighted by Crippen LogP contribution is 2.22. The molecule has 0 unspecified atom stereocenters. The average molecular weight is 509 g/mol. The number of rotatable bonds is 4. The van der Waals surface area contributed by atoms with Crippen molar-refractivity contribution < 1.29 is 4.52 Å². The second-order valence-electron chi connectivity index (χ2n) is 6.37. The van der Waals surface area contributed by atoms with Gasteiger partial charge in [-0.3, -0.25) is 4.99 Å². The molecule has 1 aliphatic rings. The molecule has 0 aliphatic carbocycles. The smallest absolute Gasteiger partial charge is 0.194 e. The SMILES string of the molecule is CN=C(NCc1cc(-c2ccccc2)on1)N1CCN(c2cccs2)CC1.I. The van der Waals surface area contributed by atoms with Gasteiger partial charge in [0.05, 0.1) is 11.5 Å². The van der Waals surface area contributed by atoms with E-state index in [4.69, 9.17) is 4.52 Å². The molecule has 1 fully saturated rings. The number of guanidine groups is 1. The first-order chi connectivity index (χ1) is 13.3. The predicted molar refractivity (Wildman–Crippen MR) is 126 cm³/mol. The predicted octanol–water partition coefficient (Wildman–Crippen LogP) is 3.92. The Morgan fingerprint density at radius 1 is 1.14 bits per heavy atom. The second kappa shape index (κ2) is 9.92. The van der Waals surface area contributed by atoms with Crippen LogP contribution in [-0.2, 0) is 6.54 Å². The lowest BCUT2D eigenvalue weighted by molar-refractivity contribution is 0.371. The molecule has 1 aromatic carbocycles. The highest BCUT2D eigenvalue weighted by molar-refractivity contribution is 14.0. The number of hydrogen-bond donors (Lipinski definition) is 1. The number of halogens is 1. The molecule has 4 rings (SSSR count). The van der Waals surface area contributed by atoms with Crippen molar-refractivity contribution in [2.24, 2.45) is 4.99 Å². The van der Waals surface area contributed by atoms with Crippen molar-refractivity contribution in [1.29, 1.82) is 0 Å². The van der Waals surface area contributed by atoms with Gasteiger partial charge in [0.1, 0.15) is 5.69 Å². The van der Waals surface area contributed by atoms with Crippen molar-refractivity contribution in [3.05, 3.63) is 59.6 Å². The van der Waals surface area contributed by atoms with Crippen LogP contribution in [0, 0.1) is 0 Å². The molecule has 1 aliphatic heterocycles. The molecule has 148 valence electrons. The van der Waals surface area contributed by atoms with Crippen molar-refractivity contribution >= 4 is 46.3 Å². The summed E-state index contributed by atoms with van der Waals surface area (Å²) in [5, 5.41) is 11.0. The molecule has 3 heterocycles. The lowest BCUT2D eigenvalue weighted by Crippen LogP contribution is -2.52. The molecule has 1 saturated heterocycles. The minimum atomic E-state index is 0. The maximum Gasteiger partial charge on any atom is 0.194 e. The van der Waals surface area contributed by atoms with Crippen molar-refractivity contribution in [2.75, 3.05) is 38.1 Å². The van der Waals surface area contributed by atoms with Crippen molar-refractivity contribution in [3.8, 4) is 11.3 Å². The quantitative estimate of drug-likeness (QED) is 0.329. The van der Waals surface area contributed by atoms with Gasteiger partial charge < -0.3 is 19.6 Å². The number of nitrogens with one attached hydrogen (secondary N) is 1. The Balaban J connectivity index is 0.00000225. The number of benzene rings is 1. The molecule has 1 N–H and O–H groups in total. The van der Waals surface area contributed by atoms with Gasteiger partial charge in [-0.25, -0.2) is 0 Å². The summed E-state index contributed by atoms with van der Waals surface area (Å²) in [5.41, 5.74) is 1.90. The van der Waals surface area contributed by atoms with Crippen molar-refractivity contribution in [1.82, 2.24) is 15.4 Å². The Morgan fingerprint density at radius 3 is 2.61 bits per heavy atom. The van der Waals surface area contributed by atoms with Crippen LogP contribution < -0.4 is 10.2 Å². The van der Waals surface area contributed by atoms with Crippen LogP contribution in [0.5, 0.6) is 0 Å². The highest BCUT2D eigenvalue weighted by atomic mass is 127. The monoisotopic (exact) mass is 509 g/mol. The molecule has 0 amide bonds. The first kappa shape index (κ1) is 20.7. The van der Waals surface area contributed by atoms with Gasteiger partial charge >= 0.3 is 0 Å². The Bertz CT molecular complexity index is 873. The van der Waals surface area contributed by atoms with Crippen LogP contribution in [0.25, 0.3) is 11.3 Å². The van der Waals surface area contributed by atoms with E-state index in [1.807, 2.05) is 43.4 Å². The zero-order valence-corrected chi connectivity index (χ0v) is 18.9. The van der Waals surface area contributed by atoms with E-state index in [0.29, 0.717) is 6.54 Å². The van der Waals surface area contributed by atoms with Gasteiger partial charge in [-0.05, 0) is 17.5 Å². The standard InChI is InChI=1S/C20H23N5OS.HI/c1-21-20(25-11-9-24(10-12-25)19-8-5-13-27-19)22-15-17-14-18(26-23-17)16-6-3-2-4-7-16;/h2-8,13-14H,9-12,15H2,1H3,(H,21,22);1H. The number of piperazine rings is 1. The molecule has 0 spiro atoms. The van der Waals surface area contributed by atoms with Gasteiger partial charge in [-0.1, -0.05) is 35.5 Å². The molecule has 0 bridgehead atoms. The fraction of sp³-hybridized carbons (Fsp3) is 0.300. The van der Waals surface area contributed by atoms with Crippen LogP contribution in [0.4, 0.5) is 5.00 Å². The summed E-state index contributed by atoms with van der Waals surface area (Å²) >= 11 is 1.80. The van der Waals surface area contributed by atoms with Gasteiger partial charge in [-0.2, -0.15) is 0 Å². The molecule has 28 heavy (non-hydrogen) atoms. The molecule has 6 nitrogen and oxygen atoms in total. The molecule has 3 aromatic rings. The summed E-state index contributed by atoms with van der Waals surface area (Å²) in [6, 6.07) is 16.3. The molecule has 8 heteroatoms. The third kappa shape index (κ3) is 4.85. The van der Waals surface area contributed by atoms with E-state index >= 15 is 0 Å². The number of hydrogen-bond acceptors (Lipinski definition) is 5. The molecule has 0 radical (unpaired) electrons. The van der Waals surface area contributed by atoms with E-state index in [-0.39, 0.29) is 24.0 Å². The second-order valence-corrected chi connectivity index (χ2v) is 7.30. The zero-order valence-electron chi connectivity index (χ0n) is 15.7. The first-order valence-corrected chi connectivity index (χ1v) is 9.96. The summed E-state index contributed by atoms with van der Waals surface area (Å²) in [6.45, 7) is 4.50. The van der Waals surface area contributed by atoms with Crippen LogP contribution >= 0.6 is 35.3 Å². The lowest BCUT2D eigenvalue weighted by atomic mass is 10.2. The Labute approximate surface area is 186 Å². The number of nitrogens with zero attached hydrogens (tertiary/aromatic N) is 4.